The third kappa shape index (κ3) is 2.47. The van der Waals surface area contributed by atoms with E-state index in [0.717, 1.165) is 0 Å². The molecule has 4 heteroatoms. The normalized spacial score (nSPS) is 10.6. The van der Waals surface area contributed by atoms with Crippen molar-refractivity contribution in [3.8, 4) is 0 Å². The van der Waals surface area contributed by atoms with Gasteiger partial charge in [0.05, 0.1) is 10.6 Å². The number of carbonyl (C=O) groups excluding carboxylic acids is 1. The fraction of sp³-hybridized carbons (Fsp3) is 0.417. The molecule has 0 fully saturated rings. The molecule has 0 spiro atoms. The second kappa shape index (κ2) is 5.21. The number of amides is 1. The highest BCUT2D eigenvalue weighted by atomic mass is 35.5. The largest absolute Gasteiger partial charge is 0.398 e. The summed E-state index contributed by atoms with van der Waals surface area (Å²) in [5.74, 6) is -0.111. The molecule has 1 amide bonds. The summed E-state index contributed by atoms with van der Waals surface area (Å²) < 4.78 is 0. The maximum Gasteiger partial charge on any atom is 0.257 e. The number of carbonyl (C=O) groups is 1. The van der Waals surface area contributed by atoms with Gasteiger partial charge in [-0.2, -0.15) is 0 Å². The fourth-order valence-corrected chi connectivity index (χ4v) is 1.92. The summed E-state index contributed by atoms with van der Waals surface area (Å²) in [5.41, 5.74) is 6.61. The zero-order valence-corrected chi connectivity index (χ0v) is 10.6. The Morgan fingerprint density at radius 1 is 1.50 bits per heavy atom. The first kappa shape index (κ1) is 12.8. The lowest BCUT2D eigenvalue weighted by atomic mass is 10.1. The van der Waals surface area contributed by atoms with Crippen LogP contribution in [0.2, 0.25) is 5.02 Å². The number of hydrogen-bond donors (Lipinski definition) is 1. The first-order valence-electron chi connectivity index (χ1n) is 5.34. The molecule has 1 aromatic carbocycles. The number of hydrogen-bond acceptors (Lipinski definition) is 2. The van der Waals surface area contributed by atoms with Crippen LogP contribution in [0.1, 0.15) is 31.1 Å². The van der Waals surface area contributed by atoms with Crippen LogP contribution in [0, 0.1) is 0 Å². The number of benzene rings is 1. The average Bonchev–Trinajstić information content (AvgIpc) is 2.17. The van der Waals surface area contributed by atoms with Gasteiger partial charge in [-0.1, -0.05) is 17.7 Å². The average molecular weight is 241 g/mol. The Hall–Kier alpha value is -1.22. The van der Waals surface area contributed by atoms with Gasteiger partial charge >= 0.3 is 0 Å². The van der Waals surface area contributed by atoms with Crippen LogP contribution in [0.4, 0.5) is 5.69 Å². The molecule has 0 atom stereocenters. The summed E-state index contributed by atoms with van der Waals surface area (Å²) in [4.78, 5) is 14.0. The number of halogens is 1. The minimum atomic E-state index is -0.111. The van der Waals surface area contributed by atoms with Crippen molar-refractivity contribution in [3.63, 3.8) is 0 Å². The van der Waals surface area contributed by atoms with Crippen LogP contribution in [-0.2, 0) is 0 Å². The van der Waals surface area contributed by atoms with Crippen molar-refractivity contribution in [2.24, 2.45) is 0 Å². The Balaban J connectivity index is 3.13. The van der Waals surface area contributed by atoms with E-state index in [4.69, 9.17) is 17.3 Å². The molecule has 1 aromatic rings. The van der Waals surface area contributed by atoms with Crippen LogP contribution in [0.5, 0.6) is 0 Å². The highest BCUT2D eigenvalue weighted by molar-refractivity contribution is 6.34. The van der Waals surface area contributed by atoms with E-state index in [1.807, 2.05) is 20.8 Å². The van der Waals surface area contributed by atoms with Crippen molar-refractivity contribution in [3.05, 3.63) is 28.8 Å². The van der Waals surface area contributed by atoms with E-state index in [2.05, 4.69) is 0 Å². The molecule has 0 saturated carbocycles. The Kier molecular flexibility index (Phi) is 4.19. The number of anilines is 1. The van der Waals surface area contributed by atoms with E-state index in [1.165, 1.54) is 0 Å². The fourth-order valence-electron chi connectivity index (χ4n) is 1.65. The van der Waals surface area contributed by atoms with Gasteiger partial charge in [-0.25, -0.2) is 0 Å². The lowest BCUT2D eigenvalue weighted by Crippen LogP contribution is -2.37. The first-order valence-corrected chi connectivity index (χ1v) is 5.71. The van der Waals surface area contributed by atoms with Crippen LogP contribution in [0.25, 0.3) is 0 Å². The predicted octanol–water partition coefficient (Wildman–Crippen LogP) is 2.79. The van der Waals surface area contributed by atoms with Crippen LogP contribution < -0.4 is 5.73 Å². The molecular weight excluding hydrogens is 224 g/mol. The summed E-state index contributed by atoms with van der Waals surface area (Å²) in [5, 5.41) is 0.407. The van der Waals surface area contributed by atoms with Crippen LogP contribution in [0.15, 0.2) is 18.2 Å². The molecular formula is C12H17ClN2O. The van der Waals surface area contributed by atoms with E-state index < -0.39 is 0 Å². The van der Waals surface area contributed by atoms with Gasteiger partial charge in [0.2, 0.25) is 0 Å². The maximum atomic E-state index is 12.2. The molecule has 0 aliphatic heterocycles. The lowest BCUT2D eigenvalue weighted by molar-refractivity contribution is 0.0718. The van der Waals surface area contributed by atoms with Crippen LogP contribution in [-0.4, -0.2) is 23.4 Å². The van der Waals surface area contributed by atoms with Crippen molar-refractivity contribution in [1.29, 1.82) is 0 Å². The quantitative estimate of drug-likeness (QED) is 0.826. The molecule has 0 aromatic heterocycles. The van der Waals surface area contributed by atoms with Crippen LogP contribution >= 0.6 is 11.6 Å². The summed E-state index contributed by atoms with van der Waals surface area (Å²) >= 11 is 6.00. The SMILES string of the molecule is CCN(C(=O)c1c(N)cccc1Cl)C(C)C. The van der Waals surface area contributed by atoms with Gasteiger partial charge in [-0.3, -0.25) is 4.79 Å². The Morgan fingerprint density at radius 2 is 2.12 bits per heavy atom. The molecule has 0 radical (unpaired) electrons. The van der Waals surface area contributed by atoms with Gasteiger partial charge in [0.25, 0.3) is 5.91 Å². The second-order valence-corrected chi connectivity index (χ2v) is 4.30. The standard InChI is InChI=1S/C12H17ClN2O/c1-4-15(8(2)3)12(16)11-9(13)6-5-7-10(11)14/h5-8H,4,14H2,1-3H3. The van der Waals surface area contributed by atoms with Crippen molar-refractivity contribution in [2.45, 2.75) is 26.8 Å². The number of nitrogens with two attached hydrogens (primary N) is 1. The predicted molar refractivity (Wildman–Crippen MR) is 67.7 cm³/mol. The molecule has 0 heterocycles. The van der Waals surface area contributed by atoms with E-state index in [0.29, 0.717) is 22.8 Å². The molecule has 0 bridgehead atoms. The van der Waals surface area contributed by atoms with Crippen molar-refractivity contribution in [2.75, 3.05) is 12.3 Å². The minimum absolute atomic E-state index is 0.111. The smallest absolute Gasteiger partial charge is 0.257 e. The number of nitrogens with zero attached hydrogens (tertiary/aromatic N) is 1. The third-order valence-corrected chi connectivity index (χ3v) is 2.80. The molecule has 1 rings (SSSR count). The molecule has 0 unspecified atom stereocenters. The molecule has 2 N–H and O–H groups in total. The first-order chi connectivity index (χ1) is 7.49. The summed E-state index contributed by atoms with van der Waals surface area (Å²) in [6.07, 6.45) is 0. The summed E-state index contributed by atoms with van der Waals surface area (Å²) in [7, 11) is 0. The van der Waals surface area contributed by atoms with E-state index in [1.54, 1.807) is 23.1 Å². The maximum absolute atomic E-state index is 12.2. The highest BCUT2D eigenvalue weighted by Gasteiger charge is 2.21. The lowest BCUT2D eigenvalue weighted by Gasteiger charge is -2.26. The van der Waals surface area contributed by atoms with Gasteiger partial charge in [0.15, 0.2) is 0 Å². The van der Waals surface area contributed by atoms with Gasteiger partial charge in [-0.05, 0) is 32.9 Å². The third-order valence-electron chi connectivity index (χ3n) is 2.48. The van der Waals surface area contributed by atoms with E-state index in [9.17, 15) is 4.79 Å². The topological polar surface area (TPSA) is 46.3 Å². The summed E-state index contributed by atoms with van der Waals surface area (Å²) in [6, 6.07) is 5.24. The molecule has 16 heavy (non-hydrogen) atoms. The Morgan fingerprint density at radius 3 is 2.56 bits per heavy atom. The molecule has 0 aliphatic carbocycles. The van der Waals surface area contributed by atoms with Gasteiger partial charge in [0.1, 0.15) is 0 Å². The summed E-state index contributed by atoms with van der Waals surface area (Å²) in [6.45, 7) is 6.51. The van der Waals surface area contributed by atoms with Gasteiger partial charge in [0, 0.05) is 18.3 Å². The van der Waals surface area contributed by atoms with Crippen molar-refractivity contribution < 1.29 is 4.79 Å². The van der Waals surface area contributed by atoms with E-state index >= 15 is 0 Å². The minimum Gasteiger partial charge on any atom is -0.398 e. The monoisotopic (exact) mass is 240 g/mol. The van der Waals surface area contributed by atoms with E-state index in [-0.39, 0.29) is 11.9 Å². The number of nitrogen functional groups attached to an aromatic ring is 1. The number of rotatable bonds is 3. The Labute approximate surface area is 101 Å². The van der Waals surface area contributed by atoms with Gasteiger partial charge in [-0.15, -0.1) is 0 Å². The Bertz CT molecular complexity index is 370. The molecule has 88 valence electrons. The van der Waals surface area contributed by atoms with Crippen molar-refractivity contribution in [1.82, 2.24) is 4.90 Å². The van der Waals surface area contributed by atoms with Crippen LogP contribution in [0.3, 0.4) is 0 Å². The molecule has 0 saturated heterocycles. The van der Waals surface area contributed by atoms with Gasteiger partial charge < -0.3 is 10.6 Å². The zero-order valence-electron chi connectivity index (χ0n) is 9.83. The zero-order chi connectivity index (χ0) is 12.3. The van der Waals surface area contributed by atoms with Crippen molar-refractivity contribution >= 4 is 23.2 Å². The second-order valence-electron chi connectivity index (χ2n) is 3.89. The molecule has 3 nitrogen and oxygen atoms in total. The highest BCUT2D eigenvalue weighted by Crippen LogP contribution is 2.24. The molecule has 0 aliphatic rings.